The highest BCUT2D eigenvalue weighted by atomic mass is 14.9. The van der Waals surface area contributed by atoms with Gasteiger partial charge in [0.05, 0.1) is 0 Å². The minimum Gasteiger partial charge on any atom is -0.314 e. The number of pyridine rings is 1. The van der Waals surface area contributed by atoms with Gasteiger partial charge in [-0.05, 0) is 43.4 Å². The molecule has 116 valence electrons. The molecule has 0 spiro atoms. The number of hydrogen-bond donors (Lipinski definition) is 1. The summed E-state index contributed by atoms with van der Waals surface area (Å²) in [4.78, 5) is 4.72. The second-order valence-electron chi connectivity index (χ2n) is 6.95. The molecule has 21 heavy (non-hydrogen) atoms. The Balaban J connectivity index is 1.69. The van der Waals surface area contributed by atoms with Gasteiger partial charge in [0.15, 0.2) is 0 Å². The number of aromatic nitrogens is 1. The second-order valence-corrected chi connectivity index (χ2v) is 6.95. The molecule has 1 fully saturated rings. The highest BCUT2D eigenvalue weighted by Crippen LogP contribution is 2.37. The van der Waals surface area contributed by atoms with Crippen molar-refractivity contribution in [2.24, 2.45) is 5.92 Å². The van der Waals surface area contributed by atoms with Gasteiger partial charge in [0.2, 0.25) is 0 Å². The Hall–Kier alpha value is -0.890. The van der Waals surface area contributed by atoms with Crippen LogP contribution in [0.3, 0.4) is 0 Å². The third-order valence-electron chi connectivity index (χ3n) is 5.52. The van der Waals surface area contributed by atoms with E-state index < -0.39 is 0 Å². The van der Waals surface area contributed by atoms with Crippen LogP contribution in [-0.2, 0) is 6.42 Å². The van der Waals surface area contributed by atoms with Crippen LogP contribution in [-0.4, -0.2) is 17.6 Å². The number of hydrogen-bond acceptors (Lipinski definition) is 2. The molecule has 0 radical (unpaired) electrons. The van der Waals surface area contributed by atoms with E-state index in [1.165, 1.54) is 69.0 Å². The first kappa shape index (κ1) is 15.0. The van der Waals surface area contributed by atoms with Gasteiger partial charge in [-0.1, -0.05) is 51.5 Å². The summed E-state index contributed by atoms with van der Waals surface area (Å²) < 4.78 is 0. The standard InChI is InChI=1S/C19H30N2/c1-2-20-18(14-15-8-5-3-4-6-9-15)17-12-11-16-10-7-13-21-19(16)17/h7,10,13,15,17-18,20H,2-6,8-9,11-12,14H2,1H3. The molecule has 1 aromatic heterocycles. The van der Waals surface area contributed by atoms with Crippen LogP contribution in [0.15, 0.2) is 18.3 Å². The summed E-state index contributed by atoms with van der Waals surface area (Å²) in [6.07, 6.45) is 14.5. The smallest absolute Gasteiger partial charge is 0.0482 e. The lowest BCUT2D eigenvalue weighted by atomic mass is 9.85. The van der Waals surface area contributed by atoms with Crippen LogP contribution in [0.1, 0.15) is 75.5 Å². The molecular formula is C19H30N2. The zero-order valence-electron chi connectivity index (χ0n) is 13.5. The fraction of sp³-hybridized carbons (Fsp3) is 0.737. The summed E-state index contributed by atoms with van der Waals surface area (Å²) in [6, 6.07) is 5.00. The van der Waals surface area contributed by atoms with Crippen molar-refractivity contribution in [2.75, 3.05) is 6.54 Å². The third kappa shape index (κ3) is 3.66. The summed E-state index contributed by atoms with van der Waals surface area (Å²) in [7, 11) is 0. The Kier molecular flexibility index (Phi) is 5.29. The van der Waals surface area contributed by atoms with Gasteiger partial charge in [-0.15, -0.1) is 0 Å². The monoisotopic (exact) mass is 286 g/mol. The molecule has 0 aromatic carbocycles. The van der Waals surface area contributed by atoms with E-state index in [0.29, 0.717) is 12.0 Å². The van der Waals surface area contributed by atoms with Gasteiger partial charge in [-0.3, -0.25) is 4.98 Å². The molecule has 1 heterocycles. The Morgan fingerprint density at radius 2 is 2.00 bits per heavy atom. The molecule has 1 N–H and O–H groups in total. The number of nitrogens with one attached hydrogen (secondary N) is 1. The van der Waals surface area contributed by atoms with Crippen LogP contribution in [0.2, 0.25) is 0 Å². The Labute approximate surface area is 129 Å². The largest absolute Gasteiger partial charge is 0.314 e. The Bertz CT molecular complexity index is 435. The van der Waals surface area contributed by atoms with Gasteiger partial charge in [0.25, 0.3) is 0 Å². The van der Waals surface area contributed by atoms with Crippen molar-refractivity contribution in [3.05, 3.63) is 29.6 Å². The molecule has 2 unspecified atom stereocenters. The fourth-order valence-corrected chi connectivity index (χ4v) is 4.45. The minimum absolute atomic E-state index is 0.634. The van der Waals surface area contributed by atoms with Crippen LogP contribution < -0.4 is 5.32 Å². The van der Waals surface area contributed by atoms with Crippen LogP contribution in [0.5, 0.6) is 0 Å². The quantitative estimate of drug-likeness (QED) is 0.809. The lowest BCUT2D eigenvalue weighted by molar-refractivity contribution is 0.317. The van der Waals surface area contributed by atoms with Crippen LogP contribution in [0.4, 0.5) is 0 Å². The van der Waals surface area contributed by atoms with Gasteiger partial charge >= 0.3 is 0 Å². The molecule has 2 heteroatoms. The number of likely N-dealkylation sites (N-methyl/N-ethyl adjacent to an activating group) is 1. The number of aryl methyl sites for hydroxylation is 1. The van der Waals surface area contributed by atoms with E-state index in [9.17, 15) is 0 Å². The Morgan fingerprint density at radius 3 is 2.76 bits per heavy atom. The van der Waals surface area contributed by atoms with Gasteiger partial charge in [0.1, 0.15) is 0 Å². The number of nitrogens with zero attached hydrogens (tertiary/aromatic N) is 1. The van der Waals surface area contributed by atoms with Crippen LogP contribution >= 0.6 is 0 Å². The van der Waals surface area contributed by atoms with Gasteiger partial charge in [-0.2, -0.15) is 0 Å². The van der Waals surface area contributed by atoms with E-state index in [4.69, 9.17) is 4.98 Å². The zero-order valence-corrected chi connectivity index (χ0v) is 13.5. The predicted molar refractivity (Wildman–Crippen MR) is 88.6 cm³/mol. The molecule has 0 bridgehead atoms. The number of rotatable bonds is 5. The van der Waals surface area contributed by atoms with Crippen molar-refractivity contribution in [3.63, 3.8) is 0 Å². The van der Waals surface area contributed by atoms with Crippen molar-refractivity contribution in [1.82, 2.24) is 10.3 Å². The maximum atomic E-state index is 4.72. The van der Waals surface area contributed by atoms with Crippen molar-refractivity contribution in [3.8, 4) is 0 Å². The summed E-state index contributed by atoms with van der Waals surface area (Å²) in [5, 5.41) is 3.79. The summed E-state index contributed by atoms with van der Waals surface area (Å²) in [5.41, 5.74) is 2.88. The average molecular weight is 286 g/mol. The molecule has 0 saturated heterocycles. The first-order valence-electron chi connectivity index (χ1n) is 9.05. The van der Waals surface area contributed by atoms with E-state index in [-0.39, 0.29) is 0 Å². The third-order valence-corrected chi connectivity index (χ3v) is 5.52. The first-order chi connectivity index (χ1) is 10.4. The summed E-state index contributed by atoms with van der Waals surface area (Å²) in [6.45, 7) is 3.32. The highest BCUT2D eigenvalue weighted by Gasteiger charge is 2.32. The average Bonchev–Trinajstić information content (AvgIpc) is 2.77. The van der Waals surface area contributed by atoms with E-state index >= 15 is 0 Å². The van der Waals surface area contributed by atoms with Crippen molar-refractivity contribution in [2.45, 2.75) is 76.7 Å². The van der Waals surface area contributed by atoms with Crippen LogP contribution in [0, 0.1) is 5.92 Å². The SMILES string of the molecule is CCNC(CC1CCCCCC1)C1CCc2cccnc21. The molecule has 2 atom stereocenters. The molecule has 3 rings (SSSR count). The van der Waals surface area contributed by atoms with Crippen molar-refractivity contribution in [1.29, 1.82) is 0 Å². The molecule has 2 nitrogen and oxygen atoms in total. The van der Waals surface area contributed by atoms with E-state index in [0.717, 1.165) is 12.5 Å². The molecule has 0 amide bonds. The maximum absolute atomic E-state index is 4.72. The van der Waals surface area contributed by atoms with Crippen molar-refractivity contribution < 1.29 is 0 Å². The lowest BCUT2D eigenvalue weighted by Crippen LogP contribution is -2.36. The van der Waals surface area contributed by atoms with Crippen molar-refractivity contribution >= 4 is 0 Å². The lowest BCUT2D eigenvalue weighted by Gasteiger charge is -2.28. The second kappa shape index (κ2) is 7.40. The molecule has 1 saturated carbocycles. The van der Waals surface area contributed by atoms with E-state index in [2.05, 4.69) is 24.4 Å². The van der Waals surface area contributed by atoms with E-state index in [1.807, 2.05) is 6.20 Å². The molecule has 2 aliphatic carbocycles. The summed E-state index contributed by atoms with van der Waals surface area (Å²) >= 11 is 0. The van der Waals surface area contributed by atoms with E-state index in [1.54, 1.807) is 0 Å². The minimum atomic E-state index is 0.634. The first-order valence-corrected chi connectivity index (χ1v) is 9.05. The van der Waals surface area contributed by atoms with Gasteiger partial charge in [0, 0.05) is 23.9 Å². The highest BCUT2D eigenvalue weighted by molar-refractivity contribution is 5.30. The normalized spacial score (nSPS) is 24.5. The zero-order chi connectivity index (χ0) is 14.5. The van der Waals surface area contributed by atoms with Crippen LogP contribution in [0.25, 0.3) is 0 Å². The maximum Gasteiger partial charge on any atom is 0.0482 e. The molecular weight excluding hydrogens is 256 g/mol. The molecule has 2 aliphatic rings. The van der Waals surface area contributed by atoms with Gasteiger partial charge < -0.3 is 5.32 Å². The number of fused-ring (bicyclic) bond motifs is 1. The topological polar surface area (TPSA) is 24.9 Å². The van der Waals surface area contributed by atoms with Gasteiger partial charge in [-0.25, -0.2) is 0 Å². The summed E-state index contributed by atoms with van der Waals surface area (Å²) in [5.74, 6) is 1.58. The fourth-order valence-electron chi connectivity index (χ4n) is 4.45. The molecule has 0 aliphatic heterocycles. The molecule has 1 aromatic rings. The predicted octanol–water partition coefficient (Wildman–Crippen LogP) is 4.45. The Morgan fingerprint density at radius 1 is 1.19 bits per heavy atom.